The quantitative estimate of drug-likeness (QED) is 0.813. The summed E-state index contributed by atoms with van der Waals surface area (Å²) >= 11 is 0. The molecule has 1 aromatic carbocycles. The second-order valence-electron chi connectivity index (χ2n) is 6.45. The van der Waals surface area contributed by atoms with Crippen LogP contribution >= 0.6 is 0 Å². The van der Waals surface area contributed by atoms with E-state index >= 15 is 0 Å². The molecule has 0 heterocycles. The van der Waals surface area contributed by atoms with Gasteiger partial charge in [-0.2, -0.15) is 0 Å². The monoisotopic (exact) mass is 310 g/mol. The van der Waals surface area contributed by atoms with Crippen molar-refractivity contribution in [3.8, 4) is 0 Å². The van der Waals surface area contributed by atoms with Crippen molar-refractivity contribution in [2.45, 2.75) is 52.0 Å². The van der Waals surface area contributed by atoms with E-state index in [0.29, 0.717) is 18.0 Å². The number of nitrogens with one attached hydrogen (secondary N) is 2. The summed E-state index contributed by atoms with van der Waals surface area (Å²) in [7, 11) is -3.43. The van der Waals surface area contributed by atoms with Crippen molar-refractivity contribution < 1.29 is 8.42 Å². The number of benzene rings is 1. The first-order valence-corrected chi connectivity index (χ1v) is 9.06. The smallest absolute Gasteiger partial charge is 0.240 e. The van der Waals surface area contributed by atoms with Crippen LogP contribution in [0.25, 0.3) is 0 Å². The fourth-order valence-electron chi connectivity index (χ4n) is 2.29. The van der Waals surface area contributed by atoms with E-state index in [-0.39, 0.29) is 5.41 Å². The van der Waals surface area contributed by atoms with Crippen molar-refractivity contribution in [2.24, 2.45) is 5.41 Å². The zero-order valence-electron chi connectivity index (χ0n) is 13.4. The summed E-state index contributed by atoms with van der Waals surface area (Å²) in [6.45, 7) is 10.1. The lowest BCUT2D eigenvalue weighted by Crippen LogP contribution is -2.30. The molecule has 0 saturated heterocycles. The summed E-state index contributed by atoms with van der Waals surface area (Å²) in [5.41, 5.74) is 3.03. The molecule has 0 atom stereocenters. The topological polar surface area (TPSA) is 58.2 Å². The van der Waals surface area contributed by atoms with Crippen LogP contribution in [-0.2, 0) is 16.6 Å². The summed E-state index contributed by atoms with van der Waals surface area (Å²) in [5.74, 6) is 0. The van der Waals surface area contributed by atoms with E-state index in [1.54, 1.807) is 6.07 Å². The highest BCUT2D eigenvalue weighted by molar-refractivity contribution is 7.89. The molecule has 0 amide bonds. The molecule has 21 heavy (non-hydrogen) atoms. The van der Waals surface area contributed by atoms with Gasteiger partial charge >= 0.3 is 0 Å². The van der Waals surface area contributed by atoms with Crippen LogP contribution in [0.15, 0.2) is 17.0 Å². The molecule has 118 valence electrons. The molecule has 2 rings (SSSR count). The van der Waals surface area contributed by atoms with E-state index in [1.807, 2.05) is 20.8 Å². The van der Waals surface area contributed by atoms with Crippen LogP contribution in [-0.4, -0.2) is 21.5 Å². The Morgan fingerprint density at radius 1 is 1.24 bits per heavy atom. The Balaban J connectivity index is 2.25. The van der Waals surface area contributed by atoms with Gasteiger partial charge in [0.25, 0.3) is 0 Å². The molecule has 1 aliphatic rings. The van der Waals surface area contributed by atoms with Crippen LogP contribution in [0.5, 0.6) is 0 Å². The molecule has 0 radical (unpaired) electrons. The van der Waals surface area contributed by atoms with Gasteiger partial charge in [0.1, 0.15) is 0 Å². The summed E-state index contributed by atoms with van der Waals surface area (Å²) < 4.78 is 27.9. The average Bonchev–Trinajstić information content (AvgIpc) is 3.16. The third-order valence-corrected chi connectivity index (χ3v) is 5.87. The van der Waals surface area contributed by atoms with E-state index in [9.17, 15) is 8.42 Å². The van der Waals surface area contributed by atoms with Gasteiger partial charge in [-0.1, -0.05) is 19.9 Å². The Morgan fingerprint density at radius 2 is 1.90 bits per heavy atom. The van der Waals surface area contributed by atoms with E-state index in [1.165, 1.54) is 0 Å². The number of hydrogen-bond acceptors (Lipinski definition) is 3. The highest BCUT2D eigenvalue weighted by atomic mass is 32.2. The summed E-state index contributed by atoms with van der Waals surface area (Å²) in [6, 6.07) is 3.85. The van der Waals surface area contributed by atoms with Gasteiger partial charge in [0.2, 0.25) is 10.0 Å². The van der Waals surface area contributed by atoms with Crippen LogP contribution in [0, 0.1) is 19.3 Å². The third-order valence-electron chi connectivity index (χ3n) is 4.34. The maximum Gasteiger partial charge on any atom is 0.240 e. The molecule has 0 unspecified atom stereocenters. The Hall–Kier alpha value is -0.910. The van der Waals surface area contributed by atoms with E-state index < -0.39 is 10.0 Å². The summed E-state index contributed by atoms with van der Waals surface area (Å²) in [4.78, 5) is 0.416. The second-order valence-corrected chi connectivity index (χ2v) is 8.19. The lowest BCUT2D eigenvalue weighted by Gasteiger charge is -2.15. The Bertz CT molecular complexity index is 619. The van der Waals surface area contributed by atoms with Crippen LogP contribution < -0.4 is 10.0 Å². The molecule has 4 nitrogen and oxygen atoms in total. The van der Waals surface area contributed by atoms with Gasteiger partial charge in [0.05, 0.1) is 4.90 Å². The number of aryl methyl sites for hydroxylation is 1. The average molecular weight is 310 g/mol. The van der Waals surface area contributed by atoms with Gasteiger partial charge in [-0.15, -0.1) is 0 Å². The van der Waals surface area contributed by atoms with Crippen molar-refractivity contribution in [1.29, 1.82) is 0 Å². The summed E-state index contributed by atoms with van der Waals surface area (Å²) in [6.07, 6.45) is 2.21. The Kier molecular flexibility index (Phi) is 4.76. The normalized spacial score (nSPS) is 17.0. The summed E-state index contributed by atoms with van der Waals surface area (Å²) in [5, 5.41) is 3.24. The number of sulfonamides is 1. The van der Waals surface area contributed by atoms with Crippen LogP contribution in [0.2, 0.25) is 0 Å². The van der Waals surface area contributed by atoms with Crippen LogP contribution in [0.4, 0.5) is 0 Å². The van der Waals surface area contributed by atoms with E-state index in [0.717, 1.165) is 36.1 Å². The fourth-order valence-corrected chi connectivity index (χ4v) is 3.85. The maximum atomic E-state index is 12.6. The molecule has 1 saturated carbocycles. The molecule has 0 spiro atoms. The highest BCUT2D eigenvalue weighted by Gasteiger charge is 2.38. The predicted octanol–water partition coefficient (Wildman–Crippen LogP) is 2.49. The molecule has 1 aliphatic carbocycles. The first kappa shape index (κ1) is 16.5. The molecular weight excluding hydrogens is 284 g/mol. The Labute approximate surface area is 128 Å². The minimum Gasteiger partial charge on any atom is -0.313 e. The number of hydrogen-bond donors (Lipinski definition) is 2. The van der Waals surface area contributed by atoms with Gasteiger partial charge in [-0.3, -0.25) is 0 Å². The lowest BCUT2D eigenvalue weighted by atomic mass is 10.1. The number of rotatable bonds is 7. The zero-order chi connectivity index (χ0) is 15.7. The van der Waals surface area contributed by atoms with Crippen molar-refractivity contribution in [2.75, 3.05) is 13.1 Å². The van der Waals surface area contributed by atoms with E-state index in [2.05, 4.69) is 23.0 Å². The van der Waals surface area contributed by atoms with Gasteiger partial charge in [0.15, 0.2) is 0 Å². The zero-order valence-corrected chi connectivity index (χ0v) is 14.2. The minimum absolute atomic E-state index is 0.164. The third kappa shape index (κ3) is 4.05. The molecule has 0 aromatic heterocycles. The second kappa shape index (κ2) is 6.07. The van der Waals surface area contributed by atoms with E-state index in [4.69, 9.17) is 0 Å². The van der Waals surface area contributed by atoms with Gasteiger partial charge in [0, 0.05) is 13.1 Å². The van der Waals surface area contributed by atoms with Crippen molar-refractivity contribution in [3.05, 3.63) is 28.8 Å². The molecule has 1 aromatic rings. The maximum absolute atomic E-state index is 12.6. The first-order valence-electron chi connectivity index (χ1n) is 7.58. The molecule has 0 aliphatic heterocycles. The Morgan fingerprint density at radius 3 is 2.48 bits per heavy atom. The van der Waals surface area contributed by atoms with Crippen molar-refractivity contribution in [3.63, 3.8) is 0 Å². The molecule has 2 N–H and O–H groups in total. The largest absolute Gasteiger partial charge is 0.313 e. The van der Waals surface area contributed by atoms with Gasteiger partial charge in [-0.05, 0) is 61.4 Å². The van der Waals surface area contributed by atoms with Gasteiger partial charge < -0.3 is 5.32 Å². The predicted molar refractivity (Wildman–Crippen MR) is 85.8 cm³/mol. The highest BCUT2D eigenvalue weighted by Crippen LogP contribution is 2.44. The molecule has 0 bridgehead atoms. The van der Waals surface area contributed by atoms with Crippen molar-refractivity contribution in [1.82, 2.24) is 10.0 Å². The SMILES string of the molecule is CCNCc1cc(C)c(C)c(S(=O)(=O)NCC2(C)CC2)c1. The molecule has 1 fully saturated rings. The molecular formula is C16H26N2O2S. The fraction of sp³-hybridized carbons (Fsp3) is 0.625. The van der Waals surface area contributed by atoms with Crippen molar-refractivity contribution >= 4 is 10.0 Å². The first-order chi connectivity index (χ1) is 9.77. The molecule has 5 heteroatoms. The van der Waals surface area contributed by atoms with Crippen LogP contribution in [0.3, 0.4) is 0 Å². The van der Waals surface area contributed by atoms with Gasteiger partial charge in [-0.25, -0.2) is 13.1 Å². The lowest BCUT2D eigenvalue weighted by molar-refractivity contribution is 0.530. The van der Waals surface area contributed by atoms with Crippen LogP contribution in [0.1, 0.15) is 43.4 Å². The minimum atomic E-state index is -3.43. The standard InChI is InChI=1S/C16H26N2O2S/c1-5-17-10-14-8-12(2)13(3)15(9-14)21(19,20)18-11-16(4)6-7-16/h8-9,17-18H,5-7,10-11H2,1-4H3.